The third-order valence-electron chi connectivity index (χ3n) is 5.87. The van der Waals surface area contributed by atoms with Gasteiger partial charge in [0.15, 0.2) is 5.75 Å². The maximum absolute atomic E-state index is 12.0. The summed E-state index contributed by atoms with van der Waals surface area (Å²) in [7, 11) is 0. The van der Waals surface area contributed by atoms with Crippen molar-refractivity contribution >= 4 is 0 Å². The van der Waals surface area contributed by atoms with Crippen LogP contribution in [-0.4, -0.2) is 27.2 Å². The summed E-state index contributed by atoms with van der Waals surface area (Å²) in [5.41, 5.74) is 0.824. The van der Waals surface area contributed by atoms with Crippen LogP contribution < -0.4 is 5.43 Å². The standard InChI is InChI=1S/C19H30N2O2/c1-14-7-3-4-9-17(14)21-13-19(23)18(22)11-16(21)12-20-10-6-5-8-15(20)2/h11,13-15,17,23H,3-10,12H2,1-2H3. The number of hydrogen-bond acceptors (Lipinski definition) is 3. The highest BCUT2D eigenvalue weighted by atomic mass is 16.3. The zero-order valence-electron chi connectivity index (χ0n) is 14.5. The topological polar surface area (TPSA) is 45.5 Å². The van der Waals surface area contributed by atoms with E-state index in [-0.39, 0.29) is 11.2 Å². The van der Waals surface area contributed by atoms with Crippen molar-refractivity contribution in [3.63, 3.8) is 0 Å². The molecule has 23 heavy (non-hydrogen) atoms. The summed E-state index contributed by atoms with van der Waals surface area (Å²) in [4.78, 5) is 14.5. The molecule has 1 saturated heterocycles. The van der Waals surface area contributed by atoms with E-state index >= 15 is 0 Å². The molecule has 1 saturated carbocycles. The van der Waals surface area contributed by atoms with Gasteiger partial charge in [-0.05, 0) is 45.1 Å². The lowest BCUT2D eigenvalue weighted by molar-refractivity contribution is 0.144. The van der Waals surface area contributed by atoms with Crippen LogP contribution >= 0.6 is 0 Å². The third-order valence-corrected chi connectivity index (χ3v) is 5.87. The Morgan fingerprint density at radius 2 is 1.87 bits per heavy atom. The van der Waals surface area contributed by atoms with E-state index in [1.165, 1.54) is 38.5 Å². The highest BCUT2D eigenvalue weighted by molar-refractivity contribution is 5.21. The van der Waals surface area contributed by atoms with Crippen LogP contribution in [0.2, 0.25) is 0 Å². The number of hydrogen-bond donors (Lipinski definition) is 1. The minimum absolute atomic E-state index is 0.113. The lowest BCUT2D eigenvalue weighted by atomic mass is 9.85. The second-order valence-electron chi connectivity index (χ2n) is 7.57. The fourth-order valence-electron chi connectivity index (χ4n) is 4.32. The van der Waals surface area contributed by atoms with E-state index in [1.54, 1.807) is 12.3 Å². The summed E-state index contributed by atoms with van der Waals surface area (Å²) in [5, 5.41) is 9.95. The first-order chi connectivity index (χ1) is 11.1. The van der Waals surface area contributed by atoms with Crippen molar-refractivity contribution < 1.29 is 5.11 Å². The Labute approximate surface area is 139 Å². The van der Waals surface area contributed by atoms with Crippen molar-refractivity contribution in [2.24, 2.45) is 5.92 Å². The van der Waals surface area contributed by atoms with Gasteiger partial charge in [-0.3, -0.25) is 9.69 Å². The van der Waals surface area contributed by atoms with Gasteiger partial charge >= 0.3 is 0 Å². The zero-order chi connectivity index (χ0) is 16.4. The van der Waals surface area contributed by atoms with Gasteiger partial charge in [-0.2, -0.15) is 0 Å². The van der Waals surface area contributed by atoms with E-state index in [0.29, 0.717) is 18.0 Å². The van der Waals surface area contributed by atoms with Crippen LogP contribution in [0.25, 0.3) is 0 Å². The lowest BCUT2D eigenvalue weighted by Gasteiger charge is -2.37. The highest BCUT2D eigenvalue weighted by Crippen LogP contribution is 2.35. The SMILES string of the molecule is CC1CCCCC1n1cc(O)c(=O)cc1CN1CCCCC1C. The predicted octanol–water partition coefficient (Wildman–Crippen LogP) is 3.68. The Kier molecular flexibility index (Phi) is 5.10. The van der Waals surface area contributed by atoms with Crippen LogP contribution in [0.5, 0.6) is 5.75 Å². The van der Waals surface area contributed by atoms with Crippen molar-refractivity contribution in [2.45, 2.75) is 77.4 Å². The highest BCUT2D eigenvalue weighted by Gasteiger charge is 2.26. The van der Waals surface area contributed by atoms with E-state index in [4.69, 9.17) is 0 Å². The molecule has 0 spiro atoms. The van der Waals surface area contributed by atoms with E-state index in [0.717, 1.165) is 25.2 Å². The predicted molar refractivity (Wildman–Crippen MR) is 92.8 cm³/mol. The molecule has 0 aromatic carbocycles. The Hall–Kier alpha value is -1.29. The zero-order valence-corrected chi connectivity index (χ0v) is 14.5. The normalized spacial score (nSPS) is 29.6. The molecular weight excluding hydrogens is 288 g/mol. The van der Waals surface area contributed by atoms with E-state index < -0.39 is 0 Å². The van der Waals surface area contributed by atoms with Gasteiger partial charge in [0.1, 0.15) is 0 Å². The van der Waals surface area contributed by atoms with Crippen LogP contribution in [0.1, 0.15) is 70.5 Å². The Morgan fingerprint density at radius 3 is 2.61 bits per heavy atom. The molecule has 1 aromatic rings. The summed E-state index contributed by atoms with van der Waals surface area (Å²) in [6, 6.07) is 2.65. The summed E-state index contributed by atoms with van der Waals surface area (Å²) in [6.45, 7) is 6.51. The van der Waals surface area contributed by atoms with E-state index in [1.807, 2.05) is 0 Å². The van der Waals surface area contributed by atoms with Crippen molar-refractivity contribution in [1.82, 2.24) is 9.47 Å². The van der Waals surface area contributed by atoms with Crippen LogP contribution in [0.3, 0.4) is 0 Å². The molecule has 1 aliphatic heterocycles. The Balaban J connectivity index is 1.91. The van der Waals surface area contributed by atoms with Crippen molar-refractivity contribution in [3.05, 3.63) is 28.2 Å². The first-order valence-electron chi connectivity index (χ1n) is 9.24. The van der Waals surface area contributed by atoms with E-state index in [2.05, 4.69) is 23.3 Å². The second-order valence-corrected chi connectivity index (χ2v) is 7.57. The Morgan fingerprint density at radius 1 is 1.13 bits per heavy atom. The van der Waals surface area contributed by atoms with Gasteiger partial charge in [0.25, 0.3) is 0 Å². The molecule has 0 amide bonds. The molecule has 2 fully saturated rings. The van der Waals surface area contributed by atoms with Gasteiger partial charge in [-0.15, -0.1) is 0 Å². The molecule has 3 unspecified atom stereocenters. The van der Waals surface area contributed by atoms with Crippen LogP contribution in [0.4, 0.5) is 0 Å². The van der Waals surface area contributed by atoms with Gasteiger partial charge < -0.3 is 9.67 Å². The van der Waals surface area contributed by atoms with E-state index in [9.17, 15) is 9.90 Å². The largest absolute Gasteiger partial charge is 0.503 e. The maximum atomic E-state index is 12.0. The van der Waals surface area contributed by atoms with Gasteiger partial charge in [-0.25, -0.2) is 0 Å². The van der Waals surface area contributed by atoms with Gasteiger partial charge in [0.2, 0.25) is 5.43 Å². The molecule has 0 radical (unpaired) electrons. The quantitative estimate of drug-likeness (QED) is 0.924. The Bertz CT molecular complexity index is 596. The number of likely N-dealkylation sites (tertiary alicyclic amines) is 1. The second kappa shape index (κ2) is 7.08. The number of aromatic nitrogens is 1. The van der Waals surface area contributed by atoms with Gasteiger partial charge in [-0.1, -0.05) is 26.2 Å². The molecule has 128 valence electrons. The van der Waals surface area contributed by atoms with Gasteiger partial charge in [0.05, 0.1) is 6.20 Å². The molecule has 3 atom stereocenters. The number of pyridine rings is 1. The minimum Gasteiger partial charge on any atom is -0.503 e. The summed E-state index contributed by atoms with van der Waals surface area (Å²) in [6.07, 6.45) is 10.4. The smallest absolute Gasteiger partial charge is 0.223 e. The molecular formula is C19H30N2O2. The summed E-state index contributed by atoms with van der Waals surface area (Å²) >= 11 is 0. The van der Waals surface area contributed by atoms with Crippen LogP contribution in [-0.2, 0) is 6.54 Å². The molecule has 2 aliphatic rings. The fraction of sp³-hybridized carbons (Fsp3) is 0.737. The first-order valence-corrected chi connectivity index (χ1v) is 9.24. The lowest BCUT2D eigenvalue weighted by Crippen LogP contribution is -2.38. The third kappa shape index (κ3) is 3.63. The van der Waals surface area contributed by atoms with Crippen LogP contribution in [0, 0.1) is 5.92 Å². The number of nitrogens with zero attached hydrogens (tertiary/aromatic N) is 2. The summed E-state index contributed by atoms with van der Waals surface area (Å²) < 4.78 is 2.21. The average Bonchev–Trinajstić information content (AvgIpc) is 2.53. The summed E-state index contributed by atoms with van der Waals surface area (Å²) in [5.74, 6) is 0.487. The average molecular weight is 318 g/mol. The minimum atomic E-state index is -0.246. The molecule has 4 nitrogen and oxygen atoms in total. The number of rotatable bonds is 3. The molecule has 1 N–H and O–H groups in total. The molecule has 2 heterocycles. The first kappa shape index (κ1) is 16.6. The van der Waals surface area contributed by atoms with Gasteiger partial charge in [0, 0.05) is 30.4 Å². The van der Waals surface area contributed by atoms with Crippen molar-refractivity contribution in [1.29, 1.82) is 0 Å². The number of aromatic hydroxyl groups is 1. The molecule has 0 bridgehead atoms. The maximum Gasteiger partial charge on any atom is 0.223 e. The molecule has 4 heteroatoms. The van der Waals surface area contributed by atoms with Crippen molar-refractivity contribution in [3.8, 4) is 5.75 Å². The van der Waals surface area contributed by atoms with Crippen LogP contribution in [0.15, 0.2) is 17.1 Å². The monoisotopic (exact) mass is 318 g/mol. The fourth-order valence-corrected chi connectivity index (χ4v) is 4.32. The van der Waals surface area contributed by atoms with Crippen molar-refractivity contribution in [2.75, 3.05) is 6.54 Å². The number of piperidine rings is 1. The molecule has 3 rings (SSSR count). The molecule has 1 aliphatic carbocycles. The molecule has 1 aromatic heterocycles.